The van der Waals surface area contributed by atoms with Gasteiger partial charge < -0.3 is 9.84 Å². The van der Waals surface area contributed by atoms with Gasteiger partial charge in [-0.1, -0.05) is 76.9 Å². The van der Waals surface area contributed by atoms with Crippen molar-refractivity contribution in [2.24, 2.45) is 0 Å². The highest BCUT2D eigenvalue weighted by molar-refractivity contribution is 5.66. The number of hydrogen-bond acceptors (Lipinski definition) is 2. The molecule has 1 aliphatic rings. The number of allylic oxidation sites excluding steroid dienone is 1. The van der Waals surface area contributed by atoms with E-state index < -0.39 is 5.97 Å². The van der Waals surface area contributed by atoms with Crippen LogP contribution in [0.5, 0.6) is 0 Å². The van der Waals surface area contributed by atoms with E-state index >= 15 is 0 Å². The Morgan fingerprint density at radius 1 is 1.00 bits per heavy atom. The molecule has 2 atom stereocenters. The Bertz CT molecular complexity index is 312. The van der Waals surface area contributed by atoms with Crippen molar-refractivity contribution in [3.05, 3.63) is 12.2 Å². The zero-order valence-corrected chi connectivity index (χ0v) is 14.3. The molecule has 1 N–H and O–H groups in total. The first-order valence-electron chi connectivity index (χ1n) is 9.28. The van der Waals surface area contributed by atoms with Crippen molar-refractivity contribution >= 4 is 5.97 Å². The summed E-state index contributed by atoms with van der Waals surface area (Å²) in [5, 5.41) is 8.59. The lowest BCUT2D eigenvalue weighted by atomic mass is 10.1. The SMILES string of the molecule is CCCCCCCCCCCC/C=C\C1OC1CCC(=O)O. The topological polar surface area (TPSA) is 49.8 Å². The molecule has 0 aromatic heterocycles. The fraction of sp³-hybridized carbons (Fsp3) is 0.842. The summed E-state index contributed by atoms with van der Waals surface area (Å²) in [4.78, 5) is 10.4. The van der Waals surface area contributed by atoms with Crippen LogP contribution < -0.4 is 0 Å². The van der Waals surface area contributed by atoms with Gasteiger partial charge in [-0.2, -0.15) is 0 Å². The van der Waals surface area contributed by atoms with Crippen LogP contribution in [0.1, 0.15) is 90.4 Å². The monoisotopic (exact) mass is 310 g/mol. The number of aliphatic carboxylic acids is 1. The number of rotatable bonds is 15. The minimum absolute atomic E-state index is 0.153. The molecule has 22 heavy (non-hydrogen) atoms. The van der Waals surface area contributed by atoms with Gasteiger partial charge in [0.05, 0.1) is 6.10 Å². The fourth-order valence-electron chi connectivity index (χ4n) is 2.80. The van der Waals surface area contributed by atoms with Crippen molar-refractivity contribution in [2.75, 3.05) is 0 Å². The number of carboxylic acid groups (broad SMARTS) is 1. The number of unbranched alkanes of at least 4 members (excludes halogenated alkanes) is 10. The van der Waals surface area contributed by atoms with Crippen LogP contribution in [-0.2, 0) is 9.53 Å². The summed E-state index contributed by atoms with van der Waals surface area (Å²) >= 11 is 0. The molecule has 0 aliphatic carbocycles. The molecule has 1 saturated heterocycles. The van der Waals surface area contributed by atoms with E-state index in [1.807, 2.05) is 0 Å². The second kappa shape index (κ2) is 12.7. The molecule has 0 aromatic carbocycles. The Morgan fingerprint density at radius 2 is 1.59 bits per heavy atom. The van der Waals surface area contributed by atoms with Gasteiger partial charge in [0.2, 0.25) is 0 Å². The lowest BCUT2D eigenvalue weighted by Crippen LogP contribution is -1.98. The normalized spacial score (nSPS) is 20.6. The van der Waals surface area contributed by atoms with Gasteiger partial charge in [-0.15, -0.1) is 0 Å². The summed E-state index contributed by atoms with van der Waals surface area (Å²) < 4.78 is 5.42. The van der Waals surface area contributed by atoms with E-state index in [1.165, 1.54) is 64.2 Å². The molecule has 0 spiro atoms. The van der Waals surface area contributed by atoms with Crippen molar-refractivity contribution in [1.29, 1.82) is 0 Å². The molecule has 1 rings (SSSR count). The summed E-state index contributed by atoms with van der Waals surface area (Å²) in [7, 11) is 0. The quantitative estimate of drug-likeness (QED) is 0.247. The average Bonchev–Trinajstić information content (AvgIpc) is 3.25. The predicted molar refractivity (Wildman–Crippen MR) is 91.1 cm³/mol. The number of epoxide rings is 1. The van der Waals surface area contributed by atoms with Gasteiger partial charge in [0.15, 0.2) is 0 Å². The fourth-order valence-corrected chi connectivity index (χ4v) is 2.80. The Balaban J connectivity index is 1.78. The van der Waals surface area contributed by atoms with Crippen molar-refractivity contribution < 1.29 is 14.6 Å². The molecule has 0 amide bonds. The van der Waals surface area contributed by atoms with Crippen LogP contribution in [0.3, 0.4) is 0 Å². The predicted octanol–water partition coefficient (Wildman–Crippen LogP) is 5.49. The minimum atomic E-state index is -0.733. The molecule has 1 aliphatic heterocycles. The molecule has 2 unspecified atom stereocenters. The van der Waals surface area contributed by atoms with Crippen molar-refractivity contribution in [1.82, 2.24) is 0 Å². The van der Waals surface area contributed by atoms with E-state index in [9.17, 15) is 4.79 Å². The molecule has 0 saturated carbocycles. The molecule has 0 aromatic rings. The zero-order chi connectivity index (χ0) is 16.0. The minimum Gasteiger partial charge on any atom is -0.481 e. The van der Waals surface area contributed by atoms with E-state index in [4.69, 9.17) is 9.84 Å². The van der Waals surface area contributed by atoms with Gasteiger partial charge in [0.1, 0.15) is 6.10 Å². The molecule has 1 heterocycles. The van der Waals surface area contributed by atoms with Crippen LogP contribution in [0.2, 0.25) is 0 Å². The van der Waals surface area contributed by atoms with E-state index in [0.717, 1.165) is 6.42 Å². The number of hydrogen-bond donors (Lipinski definition) is 1. The molecule has 128 valence electrons. The lowest BCUT2D eigenvalue weighted by Gasteiger charge is -2.01. The third-order valence-electron chi connectivity index (χ3n) is 4.31. The average molecular weight is 310 g/mol. The van der Waals surface area contributed by atoms with Gasteiger partial charge in [-0.05, 0) is 19.3 Å². The summed E-state index contributed by atoms with van der Waals surface area (Å²) in [6.45, 7) is 2.26. The molecule has 3 nitrogen and oxygen atoms in total. The third kappa shape index (κ3) is 10.8. The first-order valence-corrected chi connectivity index (χ1v) is 9.28. The van der Waals surface area contributed by atoms with E-state index in [1.54, 1.807) is 0 Å². The van der Waals surface area contributed by atoms with Crippen LogP contribution in [-0.4, -0.2) is 23.3 Å². The maximum absolute atomic E-state index is 10.4. The van der Waals surface area contributed by atoms with Crippen molar-refractivity contribution in [2.45, 2.75) is 103 Å². The Labute approximate surface area is 136 Å². The van der Waals surface area contributed by atoms with Crippen LogP contribution in [0.25, 0.3) is 0 Å². The molecular formula is C19H34O3. The molecule has 0 radical (unpaired) electrons. The molecular weight excluding hydrogens is 276 g/mol. The third-order valence-corrected chi connectivity index (χ3v) is 4.31. The number of carbonyl (C=O) groups is 1. The molecule has 0 bridgehead atoms. The highest BCUT2D eigenvalue weighted by Gasteiger charge is 2.35. The van der Waals surface area contributed by atoms with Crippen molar-refractivity contribution in [3.8, 4) is 0 Å². The highest BCUT2D eigenvalue weighted by atomic mass is 16.6. The molecule has 3 heteroatoms. The highest BCUT2D eigenvalue weighted by Crippen LogP contribution is 2.27. The van der Waals surface area contributed by atoms with Crippen LogP contribution in [0, 0.1) is 0 Å². The first kappa shape index (κ1) is 19.2. The summed E-state index contributed by atoms with van der Waals surface area (Å²) in [5.41, 5.74) is 0. The molecule has 1 fully saturated rings. The second-order valence-electron chi connectivity index (χ2n) is 6.47. The largest absolute Gasteiger partial charge is 0.481 e. The van der Waals surface area contributed by atoms with E-state index in [0.29, 0.717) is 6.42 Å². The van der Waals surface area contributed by atoms with Crippen LogP contribution in [0.4, 0.5) is 0 Å². The van der Waals surface area contributed by atoms with Gasteiger partial charge in [-0.25, -0.2) is 0 Å². The summed E-state index contributed by atoms with van der Waals surface area (Å²) in [5.74, 6) is -0.733. The van der Waals surface area contributed by atoms with Gasteiger partial charge in [0.25, 0.3) is 0 Å². The summed E-state index contributed by atoms with van der Waals surface area (Å²) in [6.07, 6.45) is 20.4. The number of ether oxygens (including phenoxy) is 1. The van der Waals surface area contributed by atoms with Gasteiger partial charge in [-0.3, -0.25) is 4.79 Å². The van der Waals surface area contributed by atoms with Crippen molar-refractivity contribution in [3.63, 3.8) is 0 Å². The van der Waals surface area contributed by atoms with Gasteiger partial charge >= 0.3 is 5.97 Å². The smallest absolute Gasteiger partial charge is 0.303 e. The zero-order valence-electron chi connectivity index (χ0n) is 14.3. The van der Waals surface area contributed by atoms with E-state index in [2.05, 4.69) is 19.1 Å². The first-order chi connectivity index (χ1) is 10.7. The standard InChI is InChI=1S/C19H34O3/c1-2-3-4-5-6-7-8-9-10-11-12-13-14-17-18(22-17)15-16-19(20)21/h13-14,17-18H,2-12,15-16H2,1H3,(H,20,21)/b14-13-. The Kier molecular flexibility index (Phi) is 11.1. The van der Waals surface area contributed by atoms with Gasteiger partial charge in [0, 0.05) is 6.42 Å². The van der Waals surface area contributed by atoms with Crippen LogP contribution >= 0.6 is 0 Å². The Hall–Kier alpha value is -0.830. The van der Waals surface area contributed by atoms with Crippen LogP contribution in [0.15, 0.2) is 12.2 Å². The lowest BCUT2D eigenvalue weighted by molar-refractivity contribution is -0.137. The maximum atomic E-state index is 10.4. The maximum Gasteiger partial charge on any atom is 0.303 e. The van der Waals surface area contributed by atoms with E-state index in [-0.39, 0.29) is 18.6 Å². The summed E-state index contributed by atoms with van der Waals surface area (Å²) in [6, 6.07) is 0. The Morgan fingerprint density at radius 3 is 2.18 bits per heavy atom. The second-order valence-corrected chi connectivity index (χ2v) is 6.47. The number of carboxylic acids is 1.